The van der Waals surface area contributed by atoms with E-state index in [9.17, 15) is 4.79 Å². The summed E-state index contributed by atoms with van der Waals surface area (Å²) in [5, 5.41) is 14.9. The van der Waals surface area contributed by atoms with Crippen molar-refractivity contribution in [2.45, 2.75) is 38.8 Å². The first-order chi connectivity index (χ1) is 7.40. The average molecular weight is 230 g/mol. The minimum absolute atomic E-state index is 0.156. The van der Waals surface area contributed by atoms with Gasteiger partial charge in [0.25, 0.3) is 0 Å². The summed E-state index contributed by atoms with van der Waals surface area (Å²) in [4.78, 5) is 11.4. The molecule has 1 heterocycles. The first-order valence-corrected chi connectivity index (χ1v) is 5.72. The van der Waals surface area contributed by atoms with Gasteiger partial charge in [-0.25, -0.2) is 4.79 Å². The molecule has 1 rings (SSSR count). The van der Waals surface area contributed by atoms with Crippen LogP contribution in [0, 0.1) is 5.92 Å². The van der Waals surface area contributed by atoms with Crippen molar-refractivity contribution in [2.24, 2.45) is 5.92 Å². The molecule has 0 aromatic rings. The van der Waals surface area contributed by atoms with Crippen LogP contribution in [0.2, 0.25) is 0 Å². The highest BCUT2D eigenvalue weighted by molar-refractivity contribution is 5.67. The first kappa shape index (κ1) is 13.3. The monoisotopic (exact) mass is 230 g/mol. The minimum atomic E-state index is -0.453. The van der Waals surface area contributed by atoms with Gasteiger partial charge in [0.1, 0.15) is 5.60 Å². The van der Waals surface area contributed by atoms with Gasteiger partial charge in [-0.15, -0.1) is 0 Å². The predicted molar refractivity (Wildman–Crippen MR) is 61.2 cm³/mol. The summed E-state index contributed by atoms with van der Waals surface area (Å²) < 4.78 is 5.13. The molecule has 2 atom stereocenters. The number of ether oxygens (including phenoxy) is 1. The number of carbonyl (C=O) groups excluding carboxylic acids is 1. The van der Waals surface area contributed by atoms with Crippen molar-refractivity contribution in [1.82, 2.24) is 10.6 Å². The molecular formula is C11H22N2O3. The van der Waals surface area contributed by atoms with Crippen LogP contribution in [-0.2, 0) is 4.74 Å². The third kappa shape index (κ3) is 4.81. The van der Waals surface area contributed by atoms with Gasteiger partial charge in [-0.1, -0.05) is 0 Å². The van der Waals surface area contributed by atoms with E-state index in [4.69, 9.17) is 9.84 Å². The zero-order valence-corrected chi connectivity index (χ0v) is 10.2. The molecule has 94 valence electrons. The summed E-state index contributed by atoms with van der Waals surface area (Å²) in [6.07, 6.45) is 0.520. The lowest BCUT2D eigenvalue weighted by Gasteiger charge is -2.20. The Morgan fingerprint density at radius 2 is 2.25 bits per heavy atom. The fraction of sp³-hybridized carbons (Fsp3) is 0.909. The predicted octanol–water partition coefficient (Wildman–Crippen LogP) is 0.481. The van der Waals surface area contributed by atoms with Crippen LogP contribution in [0.4, 0.5) is 4.79 Å². The van der Waals surface area contributed by atoms with Gasteiger partial charge >= 0.3 is 6.09 Å². The molecule has 0 spiro atoms. The molecule has 1 amide bonds. The van der Waals surface area contributed by atoms with E-state index in [-0.39, 0.29) is 18.7 Å². The highest BCUT2D eigenvalue weighted by atomic mass is 16.6. The Morgan fingerprint density at radius 3 is 2.75 bits per heavy atom. The number of amides is 1. The quantitative estimate of drug-likeness (QED) is 0.659. The molecule has 0 aromatic carbocycles. The fourth-order valence-electron chi connectivity index (χ4n) is 1.74. The number of nitrogens with one attached hydrogen (secondary N) is 2. The van der Waals surface area contributed by atoms with Crippen LogP contribution >= 0.6 is 0 Å². The van der Waals surface area contributed by atoms with Crippen molar-refractivity contribution in [2.75, 3.05) is 19.7 Å². The summed E-state index contributed by atoms with van der Waals surface area (Å²) >= 11 is 0. The zero-order chi connectivity index (χ0) is 12.2. The summed E-state index contributed by atoms with van der Waals surface area (Å²) in [5.41, 5.74) is -0.453. The third-order valence-electron chi connectivity index (χ3n) is 2.47. The van der Waals surface area contributed by atoms with Crippen molar-refractivity contribution in [1.29, 1.82) is 0 Å². The van der Waals surface area contributed by atoms with Crippen molar-refractivity contribution in [3.8, 4) is 0 Å². The molecule has 0 radical (unpaired) electrons. The van der Waals surface area contributed by atoms with Gasteiger partial charge in [0.05, 0.1) is 6.61 Å². The number of aliphatic hydroxyl groups is 1. The van der Waals surface area contributed by atoms with E-state index in [1.807, 2.05) is 20.8 Å². The number of carbonyl (C=O) groups is 1. The van der Waals surface area contributed by atoms with Gasteiger partial charge in [0, 0.05) is 19.1 Å². The number of hydrogen-bond donors (Lipinski definition) is 3. The third-order valence-corrected chi connectivity index (χ3v) is 2.47. The zero-order valence-electron chi connectivity index (χ0n) is 10.2. The Kier molecular flexibility index (Phi) is 4.56. The normalized spacial score (nSPS) is 25.5. The highest BCUT2D eigenvalue weighted by Gasteiger charge is 2.24. The molecule has 5 nitrogen and oxygen atoms in total. The van der Waals surface area contributed by atoms with Gasteiger partial charge in [0.2, 0.25) is 0 Å². The first-order valence-electron chi connectivity index (χ1n) is 5.72. The Morgan fingerprint density at radius 1 is 1.56 bits per heavy atom. The van der Waals surface area contributed by atoms with Gasteiger partial charge < -0.3 is 20.5 Å². The van der Waals surface area contributed by atoms with E-state index in [0.717, 1.165) is 13.0 Å². The second-order valence-corrected chi connectivity index (χ2v) is 5.27. The highest BCUT2D eigenvalue weighted by Crippen LogP contribution is 2.13. The Hall–Kier alpha value is -0.810. The van der Waals surface area contributed by atoms with Crippen molar-refractivity contribution < 1.29 is 14.6 Å². The lowest BCUT2D eigenvalue weighted by Crippen LogP contribution is -2.35. The molecule has 1 aliphatic rings. The molecule has 1 aliphatic heterocycles. The molecular weight excluding hydrogens is 208 g/mol. The van der Waals surface area contributed by atoms with Crippen LogP contribution < -0.4 is 10.6 Å². The number of aliphatic hydroxyl groups excluding tert-OH is 1. The Bertz CT molecular complexity index is 238. The van der Waals surface area contributed by atoms with Crippen molar-refractivity contribution >= 4 is 6.09 Å². The van der Waals surface area contributed by atoms with Gasteiger partial charge in [-0.2, -0.15) is 0 Å². The molecule has 0 unspecified atom stereocenters. The lowest BCUT2D eigenvalue weighted by atomic mass is 10.1. The van der Waals surface area contributed by atoms with Crippen LogP contribution in [-0.4, -0.2) is 42.5 Å². The van der Waals surface area contributed by atoms with Crippen LogP contribution in [0.25, 0.3) is 0 Å². The largest absolute Gasteiger partial charge is 0.444 e. The maximum absolute atomic E-state index is 11.4. The van der Waals surface area contributed by atoms with Crippen molar-refractivity contribution in [3.63, 3.8) is 0 Å². The maximum Gasteiger partial charge on any atom is 0.407 e. The molecule has 1 fully saturated rings. The van der Waals surface area contributed by atoms with Crippen LogP contribution in [0.15, 0.2) is 0 Å². The van der Waals surface area contributed by atoms with E-state index >= 15 is 0 Å². The van der Waals surface area contributed by atoms with Gasteiger partial charge in [-0.3, -0.25) is 0 Å². The van der Waals surface area contributed by atoms with Crippen molar-refractivity contribution in [3.05, 3.63) is 0 Å². The Balaban J connectivity index is 2.18. The average Bonchev–Trinajstić information content (AvgIpc) is 2.59. The SMILES string of the molecule is CC(C)(C)OC(=O)NC[C@H]1CN[C@H](CO)C1. The molecule has 1 saturated heterocycles. The molecule has 0 bridgehead atoms. The molecule has 0 saturated carbocycles. The van der Waals surface area contributed by atoms with E-state index in [0.29, 0.717) is 12.5 Å². The summed E-state index contributed by atoms with van der Waals surface area (Å²) in [6.45, 7) is 7.10. The van der Waals surface area contributed by atoms with Gasteiger partial charge in [-0.05, 0) is 33.1 Å². The standard InChI is InChI=1S/C11H22N2O3/c1-11(2,3)16-10(15)13-6-8-4-9(7-14)12-5-8/h8-9,12,14H,4-7H2,1-3H3,(H,13,15)/t8-,9+/m1/s1. The lowest BCUT2D eigenvalue weighted by molar-refractivity contribution is 0.0520. The van der Waals surface area contributed by atoms with E-state index < -0.39 is 5.60 Å². The summed E-state index contributed by atoms with van der Waals surface area (Å²) in [7, 11) is 0. The second kappa shape index (κ2) is 5.50. The topological polar surface area (TPSA) is 70.6 Å². The van der Waals surface area contributed by atoms with E-state index in [1.165, 1.54) is 0 Å². The smallest absolute Gasteiger partial charge is 0.407 e. The van der Waals surface area contributed by atoms with Gasteiger partial charge in [0.15, 0.2) is 0 Å². The fourth-order valence-corrected chi connectivity index (χ4v) is 1.74. The second-order valence-electron chi connectivity index (χ2n) is 5.27. The molecule has 0 aromatic heterocycles. The number of hydrogen-bond acceptors (Lipinski definition) is 4. The molecule has 16 heavy (non-hydrogen) atoms. The summed E-state index contributed by atoms with van der Waals surface area (Å²) in [5.74, 6) is 0.379. The molecule has 0 aliphatic carbocycles. The maximum atomic E-state index is 11.4. The number of alkyl carbamates (subject to hydrolysis) is 1. The molecule has 5 heteroatoms. The number of rotatable bonds is 3. The Labute approximate surface area is 96.6 Å². The molecule has 3 N–H and O–H groups in total. The van der Waals surface area contributed by atoms with E-state index in [1.54, 1.807) is 0 Å². The van der Waals surface area contributed by atoms with Crippen LogP contribution in [0.5, 0.6) is 0 Å². The van der Waals surface area contributed by atoms with Crippen LogP contribution in [0.3, 0.4) is 0 Å². The summed E-state index contributed by atoms with van der Waals surface area (Å²) in [6, 6.07) is 0.172. The minimum Gasteiger partial charge on any atom is -0.444 e. The van der Waals surface area contributed by atoms with E-state index in [2.05, 4.69) is 10.6 Å². The van der Waals surface area contributed by atoms with Crippen LogP contribution in [0.1, 0.15) is 27.2 Å².